The number of hydrogen-bond acceptors (Lipinski definition) is 18. The molecule has 4 heterocycles. The summed E-state index contributed by atoms with van der Waals surface area (Å²) in [4.78, 5) is 18.0. The van der Waals surface area contributed by atoms with Crippen LogP contribution in [0.1, 0.15) is 137 Å². The van der Waals surface area contributed by atoms with Crippen LogP contribution in [-0.2, 0) is 28.0 Å². The molecule has 0 unspecified atom stereocenters. The van der Waals surface area contributed by atoms with E-state index in [2.05, 4.69) is 112 Å². The van der Waals surface area contributed by atoms with Crippen molar-refractivity contribution in [3.63, 3.8) is 0 Å². The largest absolute Gasteiger partial charge is 0.492 e. The number of nitrogens with zero attached hydrogens (tertiary/aromatic N) is 8. The van der Waals surface area contributed by atoms with Crippen molar-refractivity contribution in [2.45, 2.75) is 155 Å². The molecule has 12 rings (SSSR count). The molecule has 0 amide bonds. The number of morpholine rings is 1. The lowest BCUT2D eigenvalue weighted by molar-refractivity contribution is -0.138. The van der Waals surface area contributed by atoms with Gasteiger partial charge in [0.15, 0.2) is 0 Å². The third kappa shape index (κ3) is 46.9. The highest BCUT2D eigenvalue weighted by Gasteiger charge is 2.33. The van der Waals surface area contributed by atoms with E-state index in [9.17, 15) is 39.5 Å². The summed E-state index contributed by atoms with van der Waals surface area (Å²) < 4.78 is 162. The summed E-state index contributed by atoms with van der Waals surface area (Å²) in [7, 11) is 7.47. The third-order valence-electron chi connectivity index (χ3n) is 23.8. The van der Waals surface area contributed by atoms with E-state index < -0.39 is 35.2 Å². The smallest absolute Gasteiger partial charge is 0.416 e. The Kier molecular flexibility index (Phi) is 56.5. The van der Waals surface area contributed by atoms with Crippen LogP contribution in [0.3, 0.4) is 0 Å². The monoisotopic (exact) mass is 2050 g/mol. The third-order valence-corrected chi connectivity index (χ3v) is 25.9. The highest BCUT2D eigenvalue weighted by atomic mass is 35.5. The van der Waals surface area contributed by atoms with Crippen LogP contribution in [0.15, 0.2) is 121 Å². The molecule has 32 heteroatoms. The predicted molar refractivity (Wildman–Crippen MR) is 554 cm³/mol. The van der Waals surface area contributed by atoms with Crippen molar-refractivity contribution in [1.29, 1.82) is 0 Å². The number of halogens is 14. The van der Waals surface area contributed by atoms with Gasteiger partial charge in [-0.15, -0.1) is 0 Å². The Hall–Kier alpha value is -7.42. The Morgan fingerprint density at radius 1 is 0.317 bits per heavy atom. The second kappa shape index (κ2) is 64.4. The fourth-order valence-electron chi connectivity index (χ4n) is 15.1. The minimum Gasteiger partial charge on any atom is -0.492 e. The zero-order valence-corrected chi connectivity index (χ0v) is 89.3. The van der Waals surface area contributed by atoms with Gasteiger partial charge in [0.25, 0.3) is 0 Å². The molecule has 778 valence electrons. The van der Waals surface area contributed by atoms with Gasteiger partial charge in [0, 0.05) is 137 Å². The van der Waals surface area contributed by atoms with Gasteiger partial charge in [0.05, 0.1) is 36.5 Å². The molecule has 8 aromatic rings. The Bertz CT molecular complexity index is 4700. The van der Waals surface area contributed by atoms with Crippen molar-refractivity contribution in [1.82, 2.24) is 39.6 Å². The number of ether oxygens (including phenoxy) is 9. The first-order valence-electron chi connectivity index (χ1n) is 48.1. The highest BCUT2D eigenvalue weighted by Crippen LogP contribution is 2.37. The van der Waals surface area contributed by atoms with Crippen LogP contribution >= 0.6 is 58.0 Å². The van der Waals surface area contributed by atoms with Gasteiger partial charge < -0.3 is 67.5 Å². The number of alkyl halides is 9. The van der Waals surface area contributed by atoms with E-state index in [0.717, 1.165) is 296 Å². The summed E-state index contributed by atoms with van der Waals surface area (Å²) in [5.74, 6) is 5.49. The Labute approximate surface area is 848 Å². The minimum absolute atomic E-state index is 0.480. The van der Waals surface area contributed by atoms with E-state index in [-0.39, 0.29) is 0 Å². The van der Waals surface area contributed by atoms with Gasteiger partial charge in [-0.1, -0.05) is 116 Å². The number of methoxy groups -OCH3 is 1. The summed E-state index contributed by atoms with van der Waals surface area (Å²) in [5.41, 5.74) is 11.2. The Morgan fingerprint density at radius 2 is 0.612 bits per heavy atom. The van der Waals surface area contributed by atoms with Crippen LogP contribution in [0.25, 0.3) is 0 Å². The molecule has 0 spiro atoms. The summed E-state index contributed by atoms with van der Waals surface area (Å²) in [5, 5.41) is 7.21. The highest BCUT2D eigenvalue weighted by molar-refractivity contribution is 6.32. The maximum Gasteiger partial charge on any atom is 0.416 e. The molecule has 0 saturated carbocycles. The zero-order valence-electron chi connectivity index (χ0n) is 85.5. The van der Waals surface area contributed by atoms with Gasteiger partial charge >= 0.3 is 18.5 Å². The first kappa shape index (κ1) is 122. The molecule has 8 aromatic carbocycles. The second-order valence-electron chi connectivity index (χ2n) is 35.2. The number of likely N-dealkylation sites (tertiary alicyclic amines) is 2. The van der Waals surface area contributed by atoms with Crippen LogP contribution in [-0.4, -0.2) is 273 Å². The number of anilines is 1. The van der Waals surface area contributed by atoms with Crippen LogP contribution < -0.4 is 43.4 Å². The Morgan fingerprint density at radius 3 is 0.935 bits per heavy atom. The number of piperazine rings is 1. The number of aryl methyl sites for hydroxylation is 12. The lowest BCUT2D eigenvalue weighted by atomic mass is 10.1. The zero-order chi connectivity index (χ0) is 103. The first-order chi connectivity index (χ1) is 65.9. The number of likely N-dealkylation sites (N-methyl/N-ethyl adjacent to an activating group) is 4. The van der Waals surface area contributed by atoms with Crippen molar-refractivity contribution >= 4 is 63.7 Å². The Balaban J connectivity index is 0.000000280. The van der Waals surface area contributed by atoms with Crippen molar-refractivity contribution in [3.8, 4) is 40.2 Å². The van der Waals surface area contributed by atoms with Gasteiger partial charge in [0.2, 0.25) is 0 Å². The summed E-state index contributed by atoms with van der Waals surface area (Å²) in [6.07, 6.45) is -7.77. The normalized spacial score (nSPS) is 14.1. The minimum atomic E-state index is -4.30. The van der Waals surface area contributed by atoms with E-state index in [4.69, 9.17) is 101 Å². The number of nitrogens with one attached hydrogen (secondary N) is 1. The molecule has 0 atom stereocenters. The first-order valence-corrected chi connectivity index (χ1v) is 50.0. The van der Waals surface area contributed by atoms with Crippen LogP contribution in [0.5, 0.6) is 40.2 Å². The summed E-state index contributed by atoms with van der Waals surface area (Å²) in [6.45, 7) is 60.9. The van der Waals surface area contributed by atoms with Gasteiger partial charge in [-0.25, -0.2) is 0 Å². The SMILES string of the molecule is CCN(CC)CCOc1cc(Cl)c(C)cc1C.CCN(CC)CCOc1ccc(C(F)(F)F)cc1C.COCCN(C)c1ccc(C(F)(F)F)cc1C.Cc1cc(C)c(OCCN(C)C)cc1Cl.Cc1cc(C)c(OCCN2CCCC2)cc1Cl.Cc1cc(C)c(OCCN2CCNCC2)cc1Cl.Cc1cc(C)c(OCCN2CCOCC2)cc1Cl.FC(F)(F)c1ccc(OCCN2CCCC2)cc1. The fourth-order valence-corrected chi connectivity index (χ4v) is 15.8. The standard InChI is InChI=1S/C14H21ClN2O.C14H20ClNO2.C14H20ClNO.C14H22ClNO.C14H20F3NO.C13H16F3NO.C12H18ClNO.C12H16F3NO/c1-11-9-12(2)14(10-13(11)15)18-8-7-17-5-3-16-4-6-17;1-11-9-12(2)14(10-13(11)15)18-8-5-16-3-6-17-7-4-16;1-11-9-12(2)14(10-13(11)15)17-8-7-16-5-3-4-6-16;1-5-16(6-2)7-8-17-14-10-13(15)11(3)9-12(14)4;1-4-18(5-2)8-9-19-13-7-6-12(10-11(13)3)14(15,16)17;14-13(15,16)11-3-5-12(6-4-11)18-10-9-17-7-1-2-8-17;1-9-7-10(2)12(8-11(9)13)15-6-5-14(3)4;1-9-8-10(12(13,14)15)4-5-11(9)16(2)6-7-17-3/h9-10,16H,3-8H2,1-2H3;9-10H,3-8H2,1-2H3;9-10H,3-8H2,1-2H3;9-10H,5-8H2,1-4H3;6-7,10H,4-5,8-9H2,1-3H3;3-6H,1-2,7-10H2;7-8H,5-6H2,1-4H3;4-5,8H,6-7H2,1-3H3. The van der Waals surface area contributed by atoms with Crippen LogP contribution in [0, 0.1) is 83.1 Å². The van der Waals surface area contributed by atoms with Crippen LogP contribution in [0.4, 0.5) is 45.2 Å². The van der Waals surface area contributed by atoms with Crippen molar-refractivity contribution in [2.75, 3.05) is 243 Å². The molecule has 4 aliphatic rings. The average Bonchev–Trinajstić information content (AvgIpc) is 1.69. The molecule has 0 radical (unpaired) electrons. The van der Waals surface area contributed by atoms with Crippen molar-refractivity contribution in [3.05, 3.63) is 230 Å². The molecule has 0 bridgehead atoms. The van der Waals surface area contributed by atoms with E-state index in [1.54, 1.807) is 21.0 Å². The topological polar surface area (TPSA) is 121 Å². The lowest BCUT2D eigenvalue weighted by Gasteiger charge is -2.27. The predicted octanol–water partition coefficient (Wildman–Crippen LogP) is 24.9. The summed E-state index contributed by atoms with van der Waals surface area (Å²) in [6, 6.07) is 32.0. The van der Waals surface area contributed by atoms with E-state index in [1.165, 1.54) is 69.1 Å². The number of rotatable bonds is 36. The molecule has 4 aliphatic heterocycles. The van der Waals surface area contributed by atoms with E-state index >= 15 is 0 Å². The molecule has 18 nitrogen and oxygen atoms in total. The molecule has 0 aromatic heterocycles. The number of benzene rings is 8. The van der Waals surface area contributed by atoms with Crippen molar-refractivity contribution < 1.29 is 82.1 Å². The lowest BCUT2D eigenvalue weighted by Crippen LogP contribution is -2.44. The molecule has 1 N–H and O–H groups in total. The molecular weight excluding hydrogens is 1900 g/mol. The van der Waals surface area contributed by atoms with Gasteiger partial charge in [-0.2, -0.15) is 39.5 Å². The second-order valence-corrected chi connectivity index (χ2v) is 37.2. The fraction of sp³-hybridized carbons (Fsp3) is 0.551. The number of hydrogen-bond donors (Lipinski definition) is 1. The quantitative estimate of drug-likeness (QED) is 0.0375. The van der Waals surface area contributed by atoms with E-state index in [0.29, 0.717) is 68.8 Å². The van der Waals surface area contributed by atoms with Crippen molar-refractivity contribution in [2.24, 2.45) is 0 Å². The average molecular weight is 2060 g/mol. The van der Waals surface area contributed by atoms with Gasteiger partial charge in [-0.05, 0) is 333 Å². The van der Waals surface area contributed by atoms with Crippen LogP contribution in [0.2, 0.25) is 25.1 Å². The molecule has 0 aliphatic carbocycles. The summed E-state index contributed by atoms with van der Waals surface area (Å²) >= 11 is 30.5. The molecule has 4 fully saturated rings. The van der Waals surface area contributed by atoms with E-state index in [1.807, 2.05) is 111 Å². The maximum absolute atomic E-state index is 12.5. The molecular formula is C107H153Cl5F9N9O9. The molecule has 4 saturated heterocycles. The van der Waals surface area contributed by atoms with Gasteiger partial charge in [0.1, 0.15) is 86.5 Å². The van der Waals surface area contributed by atoms with Gasteiger partial charge in [-0.3, -0.25) is 19.6 Å². The molecule has 139 heavy (non-hydrogen) atoms. The maximum atomic E-state index is 12.5.